The summed E-state index contributed by atoms with van der Waals surface area (Å²) in [5.41, 5.74) is 1.02. The molecule has 122 valence electrons. The number of rotatable bonds is 1. The summed E-state index contributed by atoms with van der Waals surface area (Å²) in [5, 5.41) is 4.66. The van der Waals surface area contributed by atoms with Crippen LogP contribution in [0, 0.1) is 0 Å². The molecule has 1 atom stereocenters. The van der Waals surface area contributed by atoms with Crippen molar-refractivity contribution in [3.8, 4) is 0 Å². The molecule has 0 saturated carbocycles. The summed E-state index contributed by atoms with van der Waals surface area (Å²) in [5.74, 6) is -0.513. The lowest BCUT2D eigenvalue weighted by Crippen LogP contribution is -2.59. The predicted octanol–water partition coefficient (Wildman–Crippen LogP) is 1.67. The number of amides is 3. The van der Waals surface area contributed by atoms with E-state index in [2.05, 4.69) is 5.32 Å². The first-order chi connectivity index (χ1) is 11.6. The van der Waals surface area contributed by atoms with Gasteiger partial charge in [0.25, 0.3) is 11.8 Å². The van der Waals surface area contributed by atoms with Gasteiger partial charge in [-0.15, -0.1) is 11.3 Å². The lowest BCUT2D eigenvalue weighted by molar-refractivity contribution is -0.121. The van der Waals surface area contributed by atoms with Crippen LogP contribution in [0.15, 0.2) is 41.8 Å². The number of thiophene rings is 1. The maximum absolute atomic E-state index is 12.8. The van der Waals surface area contributed by atoms with Crippen LogP contribution in [0.1, 0.15) is 20.0 Å². The smallest absolute Gasteiger partial charge is 0.264 e. The van der Waals surface area contributed by atoms with Crippen molar-refractivity contribution in [1.82, 2.24) is 9.80 Å². The lowest BCUT2D eigenvalue weighted by Gasteiger charge is -2.39. The van der Waals surface area contributed by atoms with Gasteiger partial charge in [0.2, 0.25) is 5.91 Å². The summed E-state index contributed by atoms with van der Waals surface area (Å²) in [4.78, 5) is 41.7. The number of carbonyl (C=O) groups excluding carboxylic acids is 3. The Balaban J connectivity index is 1.62. The highest BCUT2D eigenvalue weighted by molar-refractivity contribution is 7.12. The van der Waals surface area contributed by atoms with Crippen molar-refractivity contribution in [1.29, 1.82) is 0 Å². The molecule has 1 saturated heterocycles. The van der Waals surface area contributed by atoms with Crippen LogP contribution in [0.2, 0.25) is 0 Å². The van der Waals surface area contributed by atoms with Gasteiger partial charge in [0.1, 0.15) is 6.04 Å². The Morgan fingerprint density at radius 3 is 2.75 bits per heavy atom. The number of piperazine rings is 1. The molecule has 1 fully saturated rings. The normalized spacial score (nSPS) is 20.1. The van der Waals surface area contributed by atoms with E-state index < -0.39 is 6.04 Å². The van der Waals surface area contributed by atoms with Crippen LogP contribution in [0.3, 0.4) is 0 Å². The van der Waals surface area contributed by atoms with Gasteiger partial charge in [0.05, 0.1) is 22.7 Å². The van der Waals surface area contributed by atoms with Gasteiger partial charge in [-0.2, -0.15) is 0 Å². The van der Waals surface area contributed by atoms with Gasteiger partial charge in [-0.1, -0.05) is 18.2 Å². The van der Waals surface area contributed by atoms with Gasteiger partial charge in [0.15, 0.2) is 0 Å². The number of nitrogens with one attached hydrogen (secondary N) is 1. The second kappa shape index (κ2) is 5.76. The minimum absolute atomic E-state index is 0.0911. The number of anilines is 1. The molecule has 6 nitrogen and oxygen atoms in total. The molecule has 0 unspecified atom stereocenters. The van der Waals surface area contributed by atoms with Crippen molar-refractivity contribution in [2.45, 2.75) is 6.04 Å². The third-order valence-electron chi connectivity index (χ3n) is 4.38. The summed E-state index contributed by atoms with van der Waals surface area (Å²) in [6.07, 6.45) is 0. The monoisotopic (exact) mass is 341 g/mol. The minimum Gasteiger partial charge on any atom is -0.334 e. The predicted molar refractivity (Wildman–Crippen MR) is 90.1 cm³/mol. The van der Waals surface area contributed by atoms with E-state index in [0.29, 0.717) is 29.2 Å². The molecule has 2 aliphatic rings. The average Bonchev–Trinajstić information content (AvgIpc) is 3.12. The molecule has 4 rings (SSSR count). The molecule has 0 bridgehead atoms. The van der Waals surface area contributed by atoms with Gasteiger partial charge in [-0.05, 0) is 23.6 Å². The first kappa shape index (κ1) is 14.9. The zero-order chi connectivity index (χ0) is 16.7. The summed E-state index contributed by atoms with van der Waals surface area (Å²) >= 11 is 1.38. The first-order valence-electron chi connectivity index (χ1n) is 7.69. The summed E-state index contributed by atoms with van der Waals surface area (Å²) < 4.78 is 0. The second-order valence-corrected chi connectivity index (χ2v) is 6.73. The quantitative estimate of drug-likeness (QED) is 0.858. The van der Waals surface area contributed by atoms with Crippen LogP contribution >= 0.6 is 11.3 Å². The fraction of sp³-hybridized carbons (Fsp3) is 0.235. The standard InChI is InChI=1S/C17H15N3O3S/c21-15-13-10-19(17(23)14-6-3-9-24-14)7-8-20(13)16(22)11-4-1-2-5-12(11)18-15/h1-6,9,13H,7-8,10H2,(H,18,21)/t13-/m1/s1. The largest absolute Gasteiger partial charge is 0.334 e. The number of nitrogens with zero attached hydrogens (tertiary/aromatic N) is 2. The molecule has 2 aliphatic heterocycles. The van der Waals surface area contributed by atoms with E-state index in [0.717, 1.165) is 0 Å². The zero-order valence-corrected chi connectivity index (χ0v) is 13.6. The van der Waals surface area contributed by atoms with Crippen molar-refractivity contribution < 1.29 is 14.4 Å². The molecule has 3 amide bonds. The third kappa shape index (κ3) is 2.37. The van der Waals surface area contributed by atoms with Crippen molar-refractivity contribution >= 4 is 34.7 Å². The fourth-order valence-corrected chi connectivity index (χ4v) is 3.83. The van der Waals surface area contributed by atoms with Crippen molar-refractivity contribution in [3.05, 3.63) is 52.2 Å². The van der Waals surface area contributed by atoms with Crippen LogP contribution in [-0.2, 0) is 4.79 Å². The van der Waals surface area contributed by atoms with E-state index in [4.69, 9.17) is 0 Å². The van der Waals surface area contributed by atoms with Crippen LogP contribution in [-0.4, -0.2) is 53.2 Å². The molecule has 1 N–H and O–H groups in total. The van der Waals surface area contributed by atoms with Crippen LogP contribution in [0.25, 0.3) is 0 Å². The summed E-state index contributed by atoms with van der Waals surface area (Å²) in [6, 6.07) is 9.92. The molecule has 0 aliphatic carbocycles. The Kier molecular flexibility index (Phi) is 3.57. The van der Waals surface area contributed by atoms with E-state index in [1.54, 1.807) is 40.1 Å². The van der Waals surface area contributed by atoms with Gasteiger partial charge in [-0.3, -0.25) is 14.4 Å². The number of fused-ring (bicyclic) bond motifs is 2. The van der Waals surface area contributed by atoms with Crippen LogP contribution in [0.4, 0.5) is 5.69 Å². The molecule has 0 radical (unpaired) electrons. The summed E-state index contributed by atoms with van der Waals surface area (Å²) in [7, 11) is 0. The van der Waals surface area contributed by atoms with Gasteiger partial charge in [-0.25, -0.2) is 0 Å². The molecule has 3 heterocycles. The van der Waals surface area contributed by atoms with E-state index >= 15 is 0 Å². The maximum Gasteiger partial charge on any atom is 0.264 e. The molecule has 1 aromatic carbocycles. The minimum atomic E-state index is -0.664. The topological polar surface area (TPSA) is 69.7 Å². The molecule has 7 heteroatoms. The molecule has 1 aromatic heterocycles. The lowest BCUT2D eigenvalue weighted by atomic mass is 10.1. The second-order valence-electron chi connectivity index (χ2n) is 5.78. The zero-order valence-electron chi connectivity index (χ0n) is 12.8. The van der Waals surface area contributed by atoms with Crippen molar-refractivity contribution in [3.63, 3.8) is 0 Å². The number of hydrogen-bond acceptors (Lipinski definition) is 4. The van der Waals surface area contributed by atoms with E-state index in [1.165, 1.54) is 11.3 Å². The summed E-state index contributed by atoms with van der Waals surface area (Å²) in [6.45, 7) is 0.985. The molecule has 0 spiro atoms. The van der Waals surface area contributed by atoms with E-state index in [-0.39, 0.29) is 24.3 Å². The van der Waals surface area contributed by atoms with Crippen molar-refractivity contribution in [2.75, 3.05) is 25.0 Å². The van der Waals surface area contributed by atoms with E-state index in [9.17, 15) is 14.4 Å². The highest BCUT2D eigenvalue weighted by Gasteiger charge is 2.40. The van der Waals surface area contributed by atoms with Crippen LogP contribution in [0.5, 0.6) is 0 Å². The highest BCUT2D eigenvalue weighted by atomic mass is 32.1. The maximum atomic E-state index is 12.8. The highest BCUT2D eigenvalue weighted by Crippen LogP contribution is 2.26. The third-order valence-corrected chi connectivity index (χ3v) is 5.24. The Hall–Kier alpha value is -2.67. The molecule has 24 heavy (non-hydrogen) atoms. The Morgan fingerprint density at radius 2 is 1.96 bits per heavy atom. The van der Waals surface area contributed by atoms with Gasteiger partial charge >= 0.3 is 0 Å². The number of hydrogen-bond donors (Lipinski definition) is 1. The Labute approximate surface area is 142 Å². The van der Waals surface area contributed by atoms with Crippen molar-refractivity contribution in [2.24, 2.45) is 0 Å². The fourth-order valence-electron chi connectivity index (χ4n) is 3.14. The molecule has 2 aromatic rings. The number of para-hydroxylation sites is 1. The first-order valence-corrected chi connectivity index (χ1v) is 8.57. The van der Waals surface area contributed by atoms with Gasteiger partial charge < -0.3 is 15.1 Å². The van der Waals surface area contributed by atoms with Crippen LogP contribution < -0.4 is 5.32 Å². The van der Waals surface area contributed by atoms with Gasteiger partial charge in [0, 0.05) is 13.1 Å². The SMILES string of the molecule is O=C1Nc2ccccc2C(=O)N2CCN(C(=O)c3cccs3)C[C@H]12. The average molecular weight is 341 g/mol. The molecular weight excluding hydrogens is 326 g/mol. The van der Waals surface area contributed by atoms with E-state index in [1.807, 2.05) is 11.4 Å². The Morgan fingerprint density at radius 1 is 1.12 bits per heavy atom. The molecular formula is C17H15N3O3S. The number of carbonyl (C=O) groups is 3. The Bertz CT molecular complexity index is 818. The number of benzene rings is 1.